The average molecular weight is 269 g/mol. The van der Waals surface area contributed by atoms with Gasteiger partial charge < -0.3 is 10.1 Å². The predicted octanol–water partition coefficient (Wildman–Crippen LogP) is 3.49. The Hall–Kier alpha value is -1.00. The molecule has 4 heteroatoms. The number of halogens is 2. The fourth-order valence-electron chi connectivity index (χ4n) is 3.20. The highest BCUT2D eigenvalue weighted by Gasteiger charge is 2.44. The van der Waals surface area contributed by atoms with Gasteiger partial charge in [-0.1, -0.05) is 18.9 Å². The molecule has 0 saturated heterocycles. The minimum atomic E-state index is -0.510. The van der Waals surface area contributed by atoms with Crippen LogP contribution in [0.4, 0.5) is 8.78 Å². The topological polar surface area (TPSA) is 21.3 Å². The lowest BCUT2D eigenvalue weighted by atomic mass is 9.85. The van der Waals surface area contributed by atoms with Gasteiger partial charge in [0.2, 0.25) is 0 Å². The standard InChI is InChI=1S/C15H21F2NO/c1-10-6-7-11(16)12(13(10)17)14(18-2)15(19-3)8-4-5-9-15/h6-7,14,18H,4-5,8-9H2,1-3H3. The van der Waals surface area contributed by atoms with Crippen LogP contribution in [0.25, 0.3) is 0 Å². The van der Waals surface area contributed by atoms with Gasteiger partial charge in [0.1, 0.15) is 11.6 Å². The Bertz CT molecular complexity index is 456. The zero-order valence-corrected chi connectivity index (χ0v) is 11.7. The Labute approximate surface area is 113 Å². The number of likely N-dealkylation sites (N-methyl/N-ethyl adjacent to an activating group) is 1. The summed E-state index contributed by atoms with van der Waals surface area (Å²) >= 11 is 0. The maximum absolute atomic E-state index is 14.3. The summed E-state index contributed by atoms with van der Waals surface area (Å²) in [5.74, 6) is -0.978. The van der Waals surface area contributed by atoms with E-state index in [1.807, 2.05) is 0 Å². The van der Waals surface area contributed by atoms with Crippen molar-refractivity contribution in [2.45, 2.75) is 44.2 Å². The fourth-order valence-corrected chi connectivity index (χ4v) is 3.20. The van der Waals surface area contributed by atoms with Gasteiger partial charge in [-0.05, 0) is 38.4 Å². The Morgan fingerprint density at radius 3 is 2.42 bits per heavy atom. The zero-order chi connectivity index (χ0) is 14.0. The normalized spacial score (nSPS) is 19.6. The molecule has 1 unspecified atom stereocenters. The molecule has 2 nitrogen and oxygen atoms in total. The van der Waals surface area contributed by atoms with Crippen LogP contribution in [-0.2, 0) is 4.74 Å². The molecule has 0 bridgehead atoms. The molecule has 0 aliphatic heterocycles. The molecule has 1 atom stereocenters. The first-order chi connectivity index (χ1) is 9.05. The molecule has 0 spiro atoms. The number of ether oxygens (including phenoxy) is 1. The first kappa shape index (κ1) is 14.4. The second-order valence-electron chi connectivity index (χ2n) is 5.29. The summed E-state index contributed by atoms with van der Waals surface area (Å²) in [5, 5.41) is 3.06. The summed E-state index contributed by atoms with van der Waals surface area (Å²) in [6, 6.07) is 2.34. The lowest BCUT2D eigenvalue weighted by Gasteiger charge is -2.37. The number of aryl methyl sites for hydroxylation is 1. The number of methoxy groups -OCH3 is 1. The van der Waals surface area contributed by atoms with Crippen molar-refractivity contribution < 1.29 is 13.5 Å². The first-order valence-corrected chi connectivity index (χ1v) is 6.72. The smallest absolute Gasteiger partial charge is 0.133 e. The van der Waals surface area contributed by atoms with Crippen molar-refractivity contribution in [1.29, 1.82) is 0 Å². The molecular formula is C15H21F2NO. The molecular weight excluding hydrogens is 248 g/mol. The summed E-state index contributed by atoms with van der Waals surface area (Å²) < 4.78 is 34.1. The van der Waals surface area contributed by atoms with E-state index in [2.05, 4.69) is 5.32 Å². The van der Waals surface area contributed by atoms with Gasteiger partial charge in [-0.3, -0.25) is 0 Å². The predicted molar refractivity (Wildman–Crippen MR) is 71.1 cm³/mol. The molecule has 1 aliphatic rings. The van der Waals surface area contributed by atoms with Crippen LogP contribution in [0.2, 0.25) is 0 Å². The van der Waals surface area contributed by atoms with Crippen molar-refractivity contribution in [3.05, 3.63) is 34.9 Å². The van der Waals surface area contributed by atoms with Gasteiger partial charge >= 0.3 is 0 Å². The monoisotopic (exact) mass is 269 g/mol. The van der Waals surface area contributed by atoms with E-state index in [-0.39, 0.29) is 5.56 Å². The van der Waals surface area contributed by atoms with Crippen LogP contribution >= 0.6 is 0 Å². The molecule has 0 amide bonds. The number of nitrogens with one attached hydrogen (secondary N) is 1. The number of benzene rings is 1. The van der Waals surface area contributed by atoms with E-state index in [1.54, 1.807) is 21.1 Å². The molecule has 19 heavy (non-hydrogen) atoms. The van der Waals surface area contributed by atoms with E-state index in [0.717, 1.165) is 25.7 Å². The van der Waals surface area contributed by atoms with Gasteiger partial charge in [0.25, 0.3) is 0 Å². The van der Waals surface area contributed by atoms with Gasteiger partial charge in [-0.25, -0.2) is 8.78 Å². The third-order valence-corrected chi connectivity index (χ3v) is 4.28. The van der Waals surface area contributed by atoms with Crippen LogP contribution in [0.15, 0.2) is 12.1 Å². The Balaban J connectivity index is 2.50. The minimum Gasteiger partial charge on any atom is -0.376 e. The highest BCUT2D eigenvalue weighted by molar-refractivity contribution is 5.31. The van der Waals surface area contributed by atoms with Crippen LogP contribution in [0.5, 0.6) is 0 Å². The minimum absolute atomic E-state index is 0.103. The Morgan fingerprint density at radius 2 is 1.89 bits per heavy atom. The molecule has 106 valence electrons. The van der Waals surface area contributed by atoms with Gasteiger partial charge in [0.05, 0.1) is 11.6 Å². The van der Waals surface area contributed by atoms with Crippen molar-refractivity contribution >= 4 is 0 Å². The molecule has 0 radical (unpaired) electrons. The van der Waals surface area contributed by atoms with Crippen LogP contribution in [0.3, 0.4) is 0 Å². The molecule has 1 aliphatic carbocycles. The number of hydrogen-bond donors (Lipinski definition) is 1. The second kappa shape index (κ2) is 5.55. The van der Waals surface area contributed by atoms with Crippen LogP contribution in [0, 0.1) is 18.6 Å². The molecule has 0 heterocycles. The SMILES string of the molecule is CNC(c1c(F)ccc(C)c1F)C1(OC)CCCC1. The van der Waals surface area contributed by atoms with E-state index in [0.29, 0.717) is 5.56 Å². The Kier molecular flexibility index (Phi) is 4.21. The van der Waals surface area contributed by atoms with E-state index in [9.17, 15) is 8.78 Å². The maximum Gasteiger partial charge on any atom is 0.133 e. The van der Waals surface area contributed by atoms with Crippen molar-refractivity contribution in [1.82, 2.24) is 5.32 Å². The molecule has 1 fully saturated rings. The molecule has 1 saturated carbocycles. The highest BCUT2D eigenvalue weighted by Crippen LogP contribution is 2.43. The van der Waals surface area contributed by atoms with Crippen molar-refractivity contribution in [3.8, 4) is 0 Å². The lowest BCUT2D eigenvalue weighted by Crippen LogP contribution is -2.43. The van der Waals surface area contributed by atoms with Gasteiger partial charge in [0.15, 0.2) is 0 Å². The quantitative estimate of drug-likeness (QED) is 0.903. The highest BCUT2D eigenvalue weighted by atomic mass is 19.1. The molecule has 2 rings (SSSR count). The number of hydrogen-bond acceptors (Lipinski definition) is 2. The maximum atomic E-state index is 14.3. The van der Waals surface area contributed by atoms with Crippen LogP contribution in [-0.4, -0.2) is 19.8 Å². The van der Waals surface area contributed by atoms with Gasteiger partial charge in [-0.2, -0.15) is 0 Å². The van der Waals surface area contributed by atoms with Crippen molar-refractivity contribution in [3.63, 3.8) is 0 Å². The summed E-state index contributed by atoms with van der Waals surface area (Å²) in [4.78, 5) is 0. The van der Waals surface area contributed by atoms with E-state index in [1.165, 1.54) is 12.1 Å². The first-order valence-electron chi connectivity index (χ1n) is 6.72. The van der Waals surface area contributed by atoms with Crippen molar-refractivity contribution in [2.24, 2.45) is 0 Å². The molecule has 1 N–H and O–H groups in total. The molecule has 1 aromatic carbocycles. The average Bonchev–Trinajstić information content (AvgIpc) is 2.89. The van der Waals surface area contributed by atoms with Crippen LogP contribution in [0.1, 0.15) is 42.9 Å². The fraction of sp³-hybridized carbons (Fsp3) is 0.600. The molecule has 0 aromatic heterocycles. The van der Waals surface area contributed by atoms with Crippen LogP contribution < -0.4 is 5.32 Å². The third-order valence-electron chi connectivity index (χ3n) is 4.28. The van der Waals surface area contributed by atoms with E-state index < -0.39 is 23.3 Å². The Morgan fingerprint density at radius 1 is 1.26 bits per heavy atom. The van der Waals surface area contributed by atoms with Gasteiger partial charge in [0, 0.05) is 12.7 Å². The lowest BCUT2D eigenvalue weighted by molar-refractivity contribution is -0.0366. The summed E-state index contributed by atoms with van der Waals surface area (Å²) in [5.41, 5.74) is 0.0525. The molecule has 1 aromatic rings. The number of rotatable bonds is 4. The summed E-state index contributed by atoms with van der Waals surface area (Å²) in [6.07, 6.45) is 3.70. The van der Waals surface area contributed by atoms with Crippen molar-refractivity contribution in [2.75, 3.05) is 14.2 Å². The second-order valence-corrected chi connectivity index (χ2v) is 5.29. The largest absolute Gasteiger partial charge is 0.376 e. The van der Waals surface area contributed by atoms with E-state index in [4.69, 9.17) is 4.74 Å². The zero-order valence-electron chi connectivity index (χ0n) is 11.7. The van der Waals surface area contributed by atoms with Gasteiger partial charge in [-0.15, -0.1) is 0 Å². The summed E-state index contributed by atoms with van der Waals surface area (Å²) in [7, 11) is 3.35. The van der Waals surface area contributed by atoms with E-state index >= 15 is 0 Å². The summed E-state index contributed by atoms with van der Waals surface area (Å²) in [6.45, 7) is 1.65. The third kappa shape index (κ3) is 2.39.